The lowest BCUT2D eigenvalue weighted by molar-refractivity contribution is 0.372. The van der Waals surface area contributed by atoms with Crippen LogP contribution in [-0.2, 0) is 0 Å². The second-order valence-electron chi connectivity index (χ2n) is 6.18. The van der Waals surface area contributed by atoms with Crippen LogP contribution in [0.4, 0.5) is 0 Å². The minimum absolute atomic E-state index is 0.274. The van der Waals surface area contributed by atoms with E-state index >= 15 is 0 Å². The Morgan fingerprint density at radius 2 is 2.15 bits per heavy atom. The van der Waals surface area contributed by atoms with E-state index in [2.05, 4.69) is 47.2 Å². The first kappa shape index (κ1) is 14.2. The standard InChI is InChI=1S/C17H22BrNO/c1-3-6-17(7-8-17)11-19-12(2)16-10-13-9-14(18)4-5-15(13)20-16/h4-5,9-10,12,19H,3,6-8,11H2,1-2H3. The van der Waals surface area contributed by atoms with Crippen molar-refractivity contribution in [2.45, 2.75) is 45.6 Å². The molecule has 1 unspecified atom stereocenters. The van der Waals surface area contributed by atoms with E-state index in [4.69, 9.17) is 4.42 Å². The monoisotopic (exact) mass is 335 g/mol. The number of hydrogen-bond acceptors (Lipinski definition) is 2. The molecule has 1 heterocycles. The van der Waals surface area contributed by atoms with E-state index < -0.39 is 0 Å². The Kier molecular flexibility index (Phi) is 3.91. The molecule has 1 aromatic heterocycles. The van der Waals surface area contributed by atoms with Crippen LogP contribution in [0.3, 0.4) is 0 Å². The van der Waals surface area contributed by atoms with Gasteiger partial charge in [-0.15, -0.1) is 0 Å². The number of benzene rings is 1. The van der Waals surface area contributed by atoms with E-state index in [-0.39, 0.29) is 6.04 Å². The molecule has 0 amide bonds. The summed E-state index contributed by atoms with van der Waals surface area (Å²) in [5.41, 5.74) is 1.55. The van der Waals surface area contributed by atoms with E-state index in [0.717, 1.165) is 27.7 Å². The molecule has 1 saturated carbocycles. The summed E-state index contributed by atoms with van der Waals surface area (Å²) >= 11 is 3.50. The van der Waals surface area contributed by atoms with Crippen LogP contribution in [0.5, 0.6) is 0 Å². The van der Waals surface area contributed by atoms with Crippen LogP contribution < -0.4 is 5.32 Å². The molecular formula is C17H22BrNO. The lowest BCUT2D eigenvalue weighted by atomic mass is 10.0. The van der Waals surface area contributed by atoms with Gasteiger partial charge in [0.05, 0.1) is 6.04 Å². The molecule has 0 saturated heterocycles. The molecule has 0 aliphatic heterocycles. The summed E-state index contributed by atoms with van der Waals surface area (Å²) in [6, 6.07) is 8.57. The highest BCUT2D eigenvalue weighted by molar-refractivity contribution is 9.10. The van der Waals surface area contributed by atoms with Crippen LogP contribution in [0, 0.1) is 5.41 Å². The Morgan fingerprint density at radius 1 is 1.35 bits per heavy atom. The zero-order valence-corrected chi connectivity index (χ0v) is 13.8. The summed E-state index contributed by atoms with van der Waals surface area (Å²) in [5.74, 6) is 1.03. The first-order valence-electron chi connectivity index (χ1n) is 7.54. The molecule has 2 nitrogen and oxygen atoms in total. The van der Waals surface area contributed by atoms with Gasteiger partial charge in [0.25, 0.3) is 0 Å². The number of furan rings is 1. The Morgan fingerprint density at radius 3 is 2.85 bits per heavy atom. The fraction of sp³-hybridized carbons (Fsp3) is 0.529. The van der Waals surface area contributed by atoms with Crippen molar-refractivity contribution in [3.63, 3.8) is 0 Å². The highest BCUT2D eigenvalue weighted by Gasteiger charge is 2.41. The molecule has 0 bridgehead atoms. The van der Waals surface area contributed by atoms with Crippen molar-refractivity contribution in [1.29, 1.82) is 0 Å². The van der Waals surface area contributed by atoms with Crippen LogP contribution in [-0.4, -0.2) is 6.54 Å². The van der Waals surface area contributed by atoms with Crippen LogP contribution in [0.1, 0.15) is 51.3 Å². The van der Waals surface area contributed by atoms with E-state index in [0.29, 0.717) is 5.41 Å². The van der Waals surface area contributed by atoms with Gasteiger partial charge in [-0.2, -0.15) is 0 Å². The third-order valence-corrected chi connectivity index (χ3v) is 4.94. The number of fused-ring (bicyclic) bond motifs is 1. The molecular weight excluding hydrogens is 314 g/mol. The fourth-order valence-electron chi connectivity index (χ4n) is 2.94. The largest absolute Gasteiger partial charge is 0.459 e. The minimum Gasteiger partial charge on any atom is -0.459 e. The Bertz CT molecular complexity index is 600. The topological polar surface area (TPSA) is 25.2 Å². The number of nitrogens with one attached hydrogen (secondary N) is 1. The van der Waals surface area contributed by atoms with Gasteiger partial charge in [0, 0.05) is 16.4 Å². The van der Waals surface area contributed by atoms with Crippen molar-refractivity contribution >= 4 is 26.9 Å². The third kappa shape index (κ3) is 2.94. The number of hydrogen-bond donors (Lipinski definition) is 1. The molecule has 1 atom stereocenters. The minimum atomic E-state index is 0.274. The van der Waals surface area contributed by atoms with Crippen LogP contribution in [0.15, 0.2) is 33.2 Å². The molecule has 108 valence electrons. The Labute approximate surface area is 129 Å². The van der Waals surface area contributed by atoms with Gasteiger partial charge in [-0.25, -0.2) is 0 Å². The molecule has 0 spiro atoms. The molecule has 3 rings (SSSR count). The summed E-state index contributed by atoms with van der Waals surface area (Å²) < 4.78 is 7.04. The predicted octanol–water partition coefficient (Wildman–Crippen LogP) is 5.43. The summed E-state index contributed by atoms with van der Waals surface area (Å²) in [6.45, 7) is 5.58. The highest BCUT2D eigenvalue weighted by atomic mass is 79.9. The van der Waals surface area contributed by atoms with Crippen molar-refractivity contribution in [3.05, 3.63) is 34.5 Å². The average Bonchev–Trinajstić information content (AvgIpc) is 3.06. The maximum atomic E-state index is 5.95. The molecule has 2 aromatic rings. The second kappa shape index (κ2) is 5.53. The molecule has 0 radical (unpaired) electrons. The quantitative estimate of drug-likeness (QED) is 0.761. The molecule has 1 aliphatic rings. The van der Waals surface area contributed by atoms with E-state index in [1.165, 1.54) is 25.7 Å². The zero-order chi connectivity index (χ0) is 14.2. The van der Waals surface area contributed by atoms with Gasteiger partial charge in [0.2, 0.25) is 0 Å². The average molecular weight is 336 g/mol. The molecule has 1 aromatic carbocycles. The van der Waals surface area contributed by atoms with Gasteiger partial charge in [0.1, 0.15) is 11.3 Å². The van der Waals surface area contributed by atoms with Crippen molar-refractivity contribution in [2.75, 3.05) is 6.54 Å². The van der Waals surface area contributed by atoms with Crippen LogP contribution in [0.25, 0.3) is 11.0 Å². The van der Waals surface area contributed by atoms with Gasteiger partial charge in [0.15, 0.2) is 0 Å². The predicted molar refractivity (Wildman–Crippen MR) is 86.9 cm³/mol. The maximum absolute atomic E-state index is 5.95. The normalized spacial score (nSPS) is 18.4. The first-order chi connectivity index (χ1) is 9.62. The van der Waals surface area contributed by atoms with Crippen molar-refractivity contribution in [1.82, 2.24) is 5.32 Å². The summed E-state index contributed by atoms with van der Waals surface area (Å²) in [4.78, 5) is 0. The van der Waals surface area contributed by atoms with Gasteiger partial charge >= 0.3 is 0 Å². The Hall–Kier alpha value is -0.800. The lowest BCUT2D eigenvalue weighted by Gasteiger charge is -2.18. The van der Waals surface area contributed by atoms with Crippen molar-refractivity contribution < 1.29 is 4.42 Å². The summed E-state index contributed by atoms with van der Waals surface area (Å²) in [5, 5.41) is 4.82. The van der Waals surface area contributed by atoms with Crippen molar-refractivity contribution in [3.8, 4) is 0 Å². The Balaban J connectivity index is 1.67. The van der Waals surface area contributed by atoms with E-state index in [1.54, 1.807) is 0 Å². The molecule has 3 heteroatoms. The zero-order valence-electron chi connectivity index (χ0n) is 12.2. The second-order valence-corrected chi connectivity index (χ2v) is 7.10. The SMILES string of the molecule is CCCC1(CNC(C)c2cc3cc(Br)ccc3o2)CC1. The number of rotatable bonds is 6. The van der Waals surface area contributed by atoms with E-state index in [1.807, 2.05) is 12.1 Å². The van der Waals surface area contributed by atoms with Gasteiger partial charge in [-0.1, -0.05) is 29.3 Å². The molecule has 1 fully saturated rings. The third-order valence-electron chi connectivity index (χ3n) is 4.44. The van der Waals surface area contributed by atoms with Gasteiger partial charge in [-0.05, 0) is 55.9 Å². The molecule has 1 N–H and O–H groups in total. The maximum Gasteiger partial charge on any atom is 0.134 e. The lowest BCUT2D eigenvalue weighted by Crippen LogP contribution is -2.26. The molecule has 20 heavy (non-hydrogen) atoms. The first-order valence-corrected chi connectivity index (χ1v) is 8.34. The van der Waals surface area contributed by atoms with Gasteiger partial charge in [-0.3, -0.25) is 0 Å². The number of halogens is 1. The van der Waals surface area contributed by atoms with Crippen molar-refractivity contribution in [2.24, 2.45) is 5.41 Å². The molecule has 1 aliphatic carbocycles. The summed E-state index contributed by atoms with van der Waals surface area (Å²) in [7, 11) is 0. The van der Waals surface area contributed by atoms with Crippen LogP contribution >= 0.6 is 15.9 Å². The fourth-order valence-corrected chi connectivity index (χ4v) is 3.32. The smallest absolute Gasteiger partial charge is 0.134 e. The van der Waals surface area contributed by atoms with E-state index in [9.17, 15) is 0 Å². The van der Waals surface area contributed by atoms with Crippen LogP contribution in [0.2, 0.25) is 0 Å². The summed E-state index contributed by atoms with van der Waals surface area (Å²) in [6.07, 6.45) is 5.40. The van der Waals surface area contributed by atoms with Gasteiger partial charge < -0.3 is 9.73 Å². The highest BCUT2D eigenvalue weighted by Crippen LogP contribution is 2.49.